The predicted molar refractivity (Wildman–Crippen MR) is 140 cm³/mol. The van der Waals surface area contributed by atoms with Crippen molar-refractivity contribution in [2.45, 2.75) is 57.9 Å². The first-order valence-corrected chi connectivity index (χ1v) is 12.8. The summed E-state index contributed by atoms with van der Waals surface area (Å²) in [4.78, 5) is 32.9. The summed E-state index contributed by atoms with van der Waals surface area (Å²) >= 11 is 0. The van der Waals surface area contributed by atoms with E-state index >= 15 is 0 Å². The van der Waals surface area contributed by atoms with Crippen molar-refractivity contribution in [3.05, 3.63) is 72.3 Å². The Balaban J connectivity index is 1.39. The second-order valence-corrected chi connectivity index (χ2v) is 9.95. The number of hydrogen-bond donors (Lipinski definition) is 1. The summed E-state index contributed by atoms with van der Waals surface area (Å²) in [6.45, 7) is 2.73. The van der Waals surface area contributed by atoms with Crippen LogP contribution in [-0.4, -0.2) is 34.3 Å². The van der Waals surface area contributed by atoms with E-state index in [9.17, 15) is 9.59 Å². The zero-order valence-corrected chi connectivity index (χ0v) is 20.4. The Morgan fingerprint density at radius 3 is 2.37 bits per heavy atom. The van der Waals surface area contributed by atoms with Crippen LogP contribution in [0.4, 0.5) is 5.82 Å². The molecule has 0 unspecified atom stereocenters. The molecule has 35 heavy (non-hydrogen) atoms. The van der Waals surface area contributed by atoms with E-state index in [2.05, 4.69) is 42.6 Å². The van der Waals surface area contributed by atoms with Crippen LogP contribution in [0.1, 0.15) is 50.5 Å². The van der Waals surface area contributed by atoms with E-state index in [1.165, 1.54) is 18.4 Å². The monoisotopic (exact) mass is 467 g/mol. The molecule has 2 aliphatic rings. The molecule has 5 heteroatoms. The zero-order chi connectivity index (χ0) is 24.2. The van der Waals surface area contributed by atoms with E-state index in [1.54, 1.807) is 4.90 Å². The summed E-state index contributed by atoms with van der Waals surface area (Å²) in [6.07, 6.45) is 6.83. The number of hydrogen-bond acceptors (Lipinski definition) is 3. The number of aryl methyl sites for hydroxylation is 1. The van der Waals surface area contributed by atoms with Gasteiger partial charge in [0.2, 0.25) is 11.8 Å². The Morgan fingerprint density at radius 1 is 0.886 bits per heavy atom. The Labute approximate surface area is 207 Å². The molecule has 0 bridgehead atoms. The van der Waals surface area contributed by atoms with E-state index in [0.29, 0.717) is 31.1 Å². The predicted octanol–water partition coefficient (Wildman–Crippen LogP) is 6.23. The van der Waals surface area contributed by atoms with Crippen LogP contribution >= 0.6 is 0 Å². The molecule has 1 saturated heterocycles. The fourth-order valence-corrected chi connectivity index (χ4v) is 5.39. The van der Waals surface area contributed by atoms with Crippen molar-refractivity contribution >= 4 is 17.6 Å². The molecule has 1 aliphatic heterocycles. The van der Waals surface area contributed by atoms with Gasteiger partial charge in [-0.15, -0.1) is 0 Å². The van der Waals surface area contributed by atoms with Crippen LogP contribution < -0.4 is 5.32 Å². The highest BCUT2D eigenvalue weighted by Crippen LogP contribution is 2.31. The Kier molecular flexibility index (Phi) is 6.94. The number of likely N-dealkylation sites (tertiary alicyclic amines) is 1. The number of carbonyl (C=O) groups is 2. The second-order valence-electron chi connectivity index (χ2n) is 9.95. The van der Waals surface area contributed by atoms with Gasteiger partial charge >= 0.3 is 0 Å². The average molecular weight is 468 g/mol. The minimum Gasteiger partial charge on any atom is -0.331 e. The molecule has 1 N–H and O–H groups in total. The summed E-state index contributed by atoms with van der Waals surface area (Å²) in [5, 5.41) is 3.05. The minimum absolute atomic E-state index is 0.126. The first kappa shape index (κ1) is 23.3. The lowest BCUT2D eigenvalue weighted by atomic mass is 10.0. The molecule has 2 fully saturated rings. The molecule has 1 aliphatic carbocycles. The number of carbonyl (C=O) groups excluding carboxylic acids is 2. The van der Waals surface area contributed by atoms with Crippen LogP contribution in [0.5, 0.6) is 0 Å². The van der Waals surface area contributed by atoms with Gasteiger partial charge in [0, 0.05) is 18.5 Å². The van der Waals surface area contributed by atoms with Gasteiger partial charge in [-0.2, -0.15) is 0 Å². The third kappa shape index (κ3) is 5.45. The van der Waals surface area contributed by atoms with E-state index in [4.69, 9.17) is 4.98 Å². The second kappa shape index (κ2) is 10.4. The van der Waals surface area contributed by atoms with Gasteiger partial charge in [-0.05, 0) is 61.8 Å². The summed E-state index contributed by atoms with van der Waals surface area (Å²) < 4.78 is 0. The molecule has 3 aromatic rings. The fourth-order valence-electron chi connectivity index (χ4n) is 5.39. The Hall–Kier alpha value is -3.47. The Bertz CT molecular complexity index is 1180. The molecule has 0 spiro atoms. The van der Waals surface area contributed by atoms with Gasteiger partial charge in [-0.3, -0.25) is 9.59 Å². The van der Waals surface area contributed by atoms with Crippen molar-refractivity contribution in [2.24, 2.45) is 5.92 Å². The number of rotatable bonds is 6. The maximum Gasteiger partial charge on any atom is 0.248 e. The molecule has 0 radical (unpaired) electrons. The number of nitrogens with one attached hydrogen (secondary N) is 1. The molecule has 180 valence electrons. The maximum absolute atomic E-state index is 13.4. The fraction of sp³-hybridized carbons (Fsp3) is 0.367. The highest BCUT2D eigenvalue weighted by Gasteiger charge is 2.35. The summed E-state index contributed by atoms with van der Waals surface area (Å²) in [5.41, 5.74) is 5.06. The summed E-state index contributed by atoms with van der Waals surface area (Å²) in [5.74, 6) is 0.978. The van der Waals surface area contributed by atoms with Crippen molar-refractivity contribution in [1.82, 2.24) is 9.88 Å². The lowest BCUT2D eigenvalue weighted by molar-refractivity contribution is -0.137. The molecule has 5 nitrogen and oxygen atoms in total. The van der Waals surface area contributed by atoms with Crippen LogP contribution in [0.15, 0.2) is 66.7 Å². The van der Waals surface area contributed by atoms with Crippen molar-refractivity contribution in [3.8, 4) is 22.4 Å². The van der Waals surface area contributed by atoms with Gasteiger partial charge in [0.25, 0.3) is 0 Å². The van der Waals surface area contributed by atoms with Crippen molar-refractivity contribution in [1.29, 1.82) is 0 Å². The number of amides is 2. The van der Waals surface area contributed by atoms with Gasteiger partial charge in [-0.1, -0.05) is 73.0 Å². The third-order valence-electron chi connectivity index (χ3n) is 7.34. The largest absolute Gasteiger partial charge is 0.331 e. The zero-order valence-electron chi connectivity index (χ0n) is 20.4. The first-order chi connectivity index (χ1) is 17.1. The lowest BCUT2D eigenvalue weighted by Gasteiger charge is -2.25. The van der Waals surface area contributed by atoms with Gasteiger partial charge in [0.1, 0.15) is 11.9 Å². The molecule has 2 aromatic carbocycles. The van der Waals surface area contributed by atoms with Gasteiger partial charge in [0.15, 0.2) is 0 Å². The molecule has 1 aromatic heterocycles. The molecule has 1 atom stereocenters. The highest BCUT2D eigenvalue weighted by atomic mass is 16.2. The number of nitrogens with zero attached hydrogens (tertiary/aromatic N) is 2. The molecular weight excluding hydrogens is 434 g/mol. The van der Waals surface area contributed by atoms with Crippen LogP contribution in [0.25, 0.3) is 22.4 Å². The number of benzene rings is 2. The average Bonchev–Trinajstić information content (AvgIpc) is 3.57. The number of pyridine rings is 1. The lowest BCUT2D eigenvalue weighted by Crippen LogP contribution is -2.43. The smallest absolute Gasteiger partial charge is 0.248 e. The number of aromatic nitrogens is 1. The van der Waals surface area contributed by atoms with E-state index in [0.717, 1.165) is 41.6 Å². The van der Waals surface area contributed by atoms with Gasteiger partial charge < -0.3 is 10.2 Å². The van der Waals surface area contributed by atoms with Crippen LogP contribution in [0.2, 0.25) is 0 Å². The Morgan fingerprint density at radius 2 is 1.63 bits per heavy atom. The molecule has 2 heterocycles. The van der Waals surface area contributed by atoms with E-state index < -0.39 is 6.04 Å². The molecule has 2 amide bonds. The summed E-state index contributed by atoms with van der Waals surface area (Å²) in [7, 11) is 0. The van der Waals surface area contributed by atoms with E-state index in [1.807, 2.05) is 36.4 Å². The van der Waals surface area contributed by atoms with Crippen molar-refractivity contribution in [3.63, 3.8) is 0 Å². The SMILES string of the molecule is Cc1ccc(-c2cc(NC(=O)[C@@H]3CCCN3C(=O)CC3CCCC3)nc(-c3ccccc3)c2)cc1. The van der Waals surface area contributed by atoms with Crippen molar-refractivity contribution in [2.75, 3.05) is 11.9 Å². The summed E-state index contributed by atoms with van der Waals surface area (Å²) in [6, 6.07) is 21.9. The van der Waals surface area contributed by atoms with Gasteiger partial charge in [0.05, 0.1) is 5.69 Å². The van der Waals surface area contributed by atoms with Gasteiger partial charge in [-0.25, -0.2) is 4.98 Å². The standard InChI is InChI=1S/C30H33N3O2/c1-21-13-15-23(16-14-21)25-19-26(24-10-3-2-4-11-24)31-28(20-25)32-30(35)27-12-7-17-33(27)29(34)18-22-8-5-6-9-22/h2-4,10-11,13-16,19-20,22,27H,5-9,12,17-18H2,1H3,(H,31,32,35)/t27-/m0/s1. The van der Waals surface area contributed by atoms with Crippen molar-refractivity contribution < 1.29 is 9.59 Å². The van der Waals surface area contributed by atoms with E-state index in [-0.39, 0.29) is 11.8 Å². The van der Waals surface area contributed by atoms with Crippen LogP contribution in [0.3, 0.4) is 0 Å². The molecular formula is C30H33N3O2. The van der Waals surface area contributed by atoms with Crippen LogP contribution in [-0.2, 0) is 9.59 Å². The first-order valence-electron chi connectivity index (χ1n) is 12.8. The van der Waals surface area contributed by atoms with Crippen LogP contribution in [0, 0.1) is 12.8 Å². The highest BCUT2D eigenvalue weighted by molar-refractivity contribution is 5.97. The quantitative estimate of drug-likeness (QED) is 0.467. The third-order valence-corrected chi connectivity index (χ3v) is 7.34. The molecule has 5 rings (SSSR count). The number of anilines is 1. The normalized spacial score (nSPS) is 18.1. The minimum atomic E-state index is -0.422. The topological polar surface area (TPSA) is 62.3 Å². The maximum atomic E-state index is 13.4. The molecule has 1 saturated carbocycles.